The Labute approximate surface area is 115 Å². The van der Waals surface area contributed by atoms with Gasteiger partial charge in [-0.2, -0.15) is 0 Å². The van der Waals surface area contributed by atoms with E-state index in [1.165, 1.54) is 11.3 Å². The summed E-state index contributed by atoms with van der Waals surface area (Å²) in [7, 11) is 0. The fourth-order valence-corrected chi connectivity index (χ4v) is 2.28. The Bertz CT molecular complexity index is 538. The summed E-state index contributed by atoms with van der Waals surface area (Å²) in [6, 6.07) is 3.37. The zero-order valence-corrected chi connectivity index (χ0v) is 11.6. The van der Waals surface area contributed by atoms with E-state index in [0.717, 1.165) is 0 Å². The molecule has 0 fully saturated rings. The van der Waals surface area contributed by atoms with Crippen molar-refractivity contribution >= 4 is 23.2 Å². The molecule has 4 N–H and O–H groups in total. The van der Waals surface area contributed by atoms with Gasteiger partial charge in [0.1, 0.15) is 6.61 Å². The van der Waals surface area contributed by atoms with Crippen LogP contribution in [0.1, 0.15) is 34.8 Å². The van der Waals surface area contributed by atoms with E-state index in [-0.39, 0.29) is 18.9 Å². The number of rotatable bonds is 4. The van der Waals surface area contributed by atoms with E-state index in [4.69, 9.17) is 10.8 Å². The van der Waals surface area contributed by atoms with Crippen molar-refractivity contribution in [2.75, 3.05) is 6.61 Å². The van der Waals surface area contributed by atoms with Crippen LogP contribution in [0.4, 0.5) is 0 Å². The first-order chi connectivity index (χ1) is 8.84. The van der Waals surface area contributed by atoms with E-state index in [0.29, 0.717) is 9.75 Å². The standard InChI is InChI=1S/C13H16N2O3S/c1-13(2,8-11(14)17)15-12(18)10-6-5-9(19-10)4-3-7-16/h5-6,16H,7-8H2,1-2H3,(H2,14,17)(H,15,18). The molecule has 1 aromatic rings. The Morgan fingerprint density at radius 2 is 2.16 bits per heavy atom. The molecule has 0 aliphatic carbocycles. The zero-order chi connectivity index (χ0) is 14.5. The molecule has 1 rings (SSSR count). The van der Waals surface area contributed by atoms with Crippen LogP contribution in [0.3, 0.4) is 0 Å². The summed E-state index contributed by atoms with van der Waals surface area (Å²) in [4.78, 5) is 24.1. The SMILES string of the molecule is CC(C)(CC(N)=O)NC(=O)c1ccc(C#CCO)s1. The number of carbonyl (C=O) groups is 2. The molecule has 0 spiro atoms. The van der Waals surface area contributed by atoms with Gasteiger partial charge in [0.25, 0.3) is 5.91 Å². The van der Waals surface area contributed by atoms with Gasteiger partial charge in [0, 0.05) is 12.0 Å². The van der Waals surface area contributed by atoms with E-state index in [9.17, 15) is 9.59 Å². The lowest BCUT2D eigenvalue weighted by Gasteiger charge is -2.24. The largest absolute Gasteiger partial charge is 0.384 e. The minimum atomic E-state index is -0.691. The number of hydrogen-bond acceptors (Lipinski definition) is 4. The molecule has 0 bridgehead atoms. The first-order valence-corrected chi connectivity index (χ1v) is 6.46. The first kappa shape index (κ1) is 15.2. The number of aliphatic hydroxyl groups is 1. The Morgan fingerprint density at radius 1 is 1.47 bits per heavy atom. The number of amides is 2. The Hall–Kier alpha value is -1.84. The van der Waals surface area contributed by atoms with E-state index in [1.54, 1.807) is 26.0 Å². The van der Waals surface area contributed by atoms with Gasteiger partial charge in [-0.3, -0.25) is 9.59 Å². The van der Waals surface area contributed by atoms with Crippen molar-refractivity contribution in [3.8, 4) is 11.8 Å². The maximum absolute atomic E-state index is 12.0. The van der Waals surface area contributed by atoms with E-state index in [1.807, 2.05) is 0 Å². The predicted octanol–water partition coefficient (Wildman–Crippen LogP) is 0.476. The van der Waals surface area contributed by atoms with Gasteiger partial charge >= 0.3 is 0 Å². The molecule has 5 nitrogen and oxygen atoms in total. The molecule has 6 heteroatoms. The summed E-state index contributed by atoms with van der Waals surface area (Å²) in [5.41, 5.74) is 4.43. The maximum Gasteiger partial charge on any atom is 0.261 e. The van der Waals surface area contributed by atoms with E-state index < -0.39 is 11.4 Å². The van der Waals surface area contributed by atoms with Crippen LogP contribution in [0.25, 0.3) is 0 Å². The first-order valence-electron chi connectivity index (χ1n) is 5.64. The van der Waals surface area contributed by atoms with Crippen molar-refractivity contribution in [1.82, 2.24) is 5.32 Å². The molecule has 2 amide bonds. The topological polar surface area (TPSA) is 92.4 Å². The van der Waals surface area contributed by atoms with Gasteiger partial charge in [-0.05, 0) is 26.0 Å². The highest BCUT2D eigenvalue weighted by molar-refractivity contribution is 7.14. The molecule has 0 saturated carbocycles. The van der Waals surface area contributed by atoms with Gasteiger partial charge in [-0.1, -0.05) is 11.8 Å². The molecule has 0 saturated heterocycles. The average molecular weight is 280 g/mol. The van der Waals surface area contributed by atoms with Crippen LogP contribution in [0.2, 0.25) is 0 Å². The fourth-order valence-electron chi connectivity index (χ4n) is 1.50. The molecular formula is C13H16N2O3S. The third-order valence-corrected chi connectivity index (χ3v) is 3.19. The highest BCUT2D eigenvalue weighted by atomic mass is 32.1. The van der Waals surface area contributed by atoms with Crippen LogP contribution in [0, 0.1) is 11.8 Å². The number of carbonyl (C=O) groups excluding carboxylic acids is 2. The second-order valence-electron chi connectivity index (χ2n) is 4.60. The predicted molar refractivity (Wildman–Crippen MR) is 73.6 cm³/mol. The monoisotopic (exact) mass is 280 g/mol. The minimum absolute atomic E-state index is 0.0707. The van der Waals surface area contributed by atoms with Crippen LogP contribution in [0.15, 0.2) is 12.1 Å². The van der Waals surface area contributed by atoms with Crippen molar-refractivity contribution in [2.45, 2.75) is 25.8 Å². The van der Waals surface area contributed by atoms with Gasteiger partial charge in [0.05, 0.1) is 9.75 Å². The molecule has 1 heterocycles. The maximum atomic E-state index is 12.0. The highest BCUT2D eigenvalue weighted by Crippen LogP contribution is 2.17. The lowest BCUT2D eigenvalue weighted by Crippen LogP contribution is -2.45. The summed E-state index contributed by atoms with van der Waals surface area (Å²) in [5, 5.41) is 11.3. The van der Waals surface area contributed by atoms with E-state index >= 15 is 0 Å². The van der Waals surface area contributed by atoms with Gasteiger partial charge in [0.2, 0.25) is 5.91 Å². The fraction of sp³-hybridized carbons (Fsp3) is 0.385. The van der Waals surface area contributed by atoms with Gasteiger partial charge < -0.3 is 16.2 Å². The molecule has 1 aromatic heterocycles. The van der Waals surface area contributed by atoms with Crippen molar-refractivity contribution in [1.29, 1.82) is 0 Å². The van der Waals surface area contributed by atoms with Crippen molar-refractivity contribution in [2.24, 2.45) is 5.73 Å². The number of aliphatic hydroxyl groups excluding tert-OH is 1. The third-order valence-electron chi connectivity index (χ3n) is 2.19. The number of nitrogens with one attached hydrogen (secondary N) is 1. The average Bonchev–Trinajstić information content (AvgIpc) is 2.72. The Kier molecular flexibility index (Phi) is 5.10. The van der Waals surface area contributed by atoms with Crippen LogP contribution >= 0.6 is 11.3 Å². The van der Waals surface area contributed by atoms with Crippen LogP contribution in [-0.4, -0.2) is 29.1 Å². The van der Waals surface area contributed by atoms with Crippen LogP contribution in [0.5, 0.6) is 0 Å². The minimum Gasteiger partial charge on any atom is -0.384 e. The van der Waals surface area contributed by atoms with Gasteiger partial charge in [-0.25, -0.2) is 0 Å². The molecule has 0 aliphatic heterocycles. The highest BCUT2D eigenvalue weighted by Gasteiger charge is 2.24. The number of thiophene rings is 1. The van der Waals surface area contributed by atoms with Crippen LogP contribution < -0.4 is 11.1 Å². The summed E-state index contributed by atoms with van der Waals surface area (Å²) in [5.74, 6) is 4.51. The summed E-state index contributed by atoms with van der Waals surface area (Å²) in [6.45, 7) is 3.25. The zero-order valence-electron chi connectivity index (χ0n) is 10.8. The molecule has 0 aromatic carbocycles. The lowest BCUT2D eigenvalue weighted by atomic mass is 10.0. The number of nitrogens with two attached hydrogens (primary N) is 1. The number of hydrogen-bond donors (Lipinski definition) is 3. The lowest BCUT2D eigenvalue weighted by molar-refractivity contribution is -0.119. The molecule has 0 atom stereocenters. The molecule has 0 unspecified atom stereocenters. The smallest absolute Gasteiger partial charge is 0.261 e. The number of primary amides is 1. The van der Waals surface area contributed by atoms with Crippen molar-refractivity contribution in [3.05, 3.63) is 21.9 Å². The van der Waals surface area contributed by atoms with Crippen molar-refractivity contribution in [3.63, 3.8) is 0 Å². The molecular weight excluding hydrogens is 264 g/mol. The normalized spacial score (nSPS) is 10.5. The summed E-state index contributed by atoms with van der Waals surface area (Å²) >= 11 is 1.23. The summed E-state index contributed by atoms with van der Waals surface area (Å²) < 4.78 is 0. The molecule has 0 radical (unpaired) electrons. The Balaban J connectivity index is 2.73. The van der Waals surface area contributed by atoms with Crippen molar-refractivity contribution < 1.29 is 14.7 Å². The Morgan fingerprint density at radius 3 is 2.74 bits per heavy atom. The second-order valence-corrected chi connectivity index (χ2v) is 5.69. The third kappa shape index (κ3) is 5.12. The van der Waals surface area contributed by atoms with E-state index in [2.05, 4.69) is 17.2 Å². The van der Waals surface area contributed by atoms with Crippen LogP contribution in [-0.2, 0) is 4.79 Å². The second kappa shape index (κ2) is 6.36. The quantitative estimate of drug-likeness (QED) is 0.700. The van der Waals surface area contributed by atoms with Gasteiger partial charge in [0.15, 0.2) is 0 Å². The molecule has 102 valence electrons. The summed E-state index contributed by atoms with van der Waals surface area (Å²) in [6.07, 6.45) is 0.0707. The molecule has 0 aliphatic rings. The molecule has 19 heavy (non-hydrogen) atoms. The van der Waals surface area contributed by atoms with Gasteiger partial charge in [-0.15, -0.1) is 11.3 Å².